The molecule has 0 radical (unpaired) electrons. The van der Waals surface area contributed by atoms with Crippen LogP contribution in [0.1, 0.15) is 85.8 Å². The smallest absolute Gasteiger partial charge is 0.252 e. The van der Waals surface area contributed by atoms with Gasteiger partial charge in [-0.3, -0.25) is 9.78 Å². The molecule has 1 saturated carbocycles. The van der Waals surface area contributed by atoms with Gasteiger partial charge in [0.1, 0.15) is 0 Å². The van der Waals surface area contributed by atoms with Gasteiger partial charge in [-0.05, 0) is 97.0 Å². The molecule has 8 nitrogen and oxygen atoms in total. The third-order valence-electron chi connectivity index (χ3n) is 8.36. The van der Waals surface area contributed by atoms with Gasteiger partial charge in [-0.1, -0.05) is 37.0 Å². The average Bonchev–Trinajstić information content (AvgIpc) is 3.63. The van der Waals surface area contributed by atoms with E-state index >= 15 is 0 Å². The molecule has 1 N–H and O–H groups in total. The lowest BCUT2D eigenvalue weighted by molar-refractivity contribution is 0.0860. The minimum absolute atomic E-state index is 0.0685. The van der Waals surface area contributed by atoms with E-state index in [2.05, 4.69) is 50.6 Å². The summed E-state index contributed by atoms with van der Waals surface area (Å²) in [6.07, 6.45) is 13.4. The average molecular weight is 513 g/mol. The molecule has 1 saturated heterocycles. The number of ether oxygens (including phenoxy) is 1. The summed E-state index contributed by atoms with van der Waals surface area (Å²) < 4.78 is 8.16. The maximum absolute atomic E-state index is 13.8. The van der Waals surface area contributed by atoms with Crippen molar-refractivity contribution in [2.45, 2.75) is 82.8 Å². The molecular weight excluding hydrogens is 476 g/mol. The van der Waals surface area contributed by atoms with Crippen molar-refractivity contribution in [3.8, 4) is 0 Å². The quantitative estimate of drug-likeness (QED) is 0.345. The second-order valence-electron chi connectivity index (χ2n) is 11.1. The van der Waals surface area contributed by atoms with Gasteiger partial charge in [0.25, 0.3) is 5.56 Å². The molecule has 38 heavy (non-hydrogen) atoms. The zero-order valence-corrected chi connectivity index (χ0v) is 22.1. The maximum atomic E-state index is 13.8. The summed E-state index contributed by atoms with van der Waals surface area (Å²) in [5, 5.41) is 14.4. The van der Waals surface area contributed by atoms with E-state index in [1.165, 1.54) is 19.3 Å². The fraction of sp³-hybridized carbons (Fsp3) is 0.500. The Kier molecular flexibility index (Phi) is 7.31. The highest BCUT2D eigenvalue weighted by molar-refractivity contribution is 5.79. The number of H-pyrrole nitrogens is 1. The van der Waals surface area contributed by atoms with Crippen LogP contribution in [0.3, 0.4) is 0 Å². The first kappa shape index (κ1) is 24.9. The molecule has 3 atom stereocenters. The molecule has 1 aliphatic carbocycles. The summed E-state index contributed by atoms with van der Waals surface area (Å²) in [6, 6.07) is 12.6. The molecular formula is C30H36N6O2. The van der Waals surface area contributed by atoms with Gasteiger partial charge in [0, 0.05) is 30.1 Å². The van der Waals surface area contributed by atoms with Crippen molar-refractivity contribution in [1.82, 2.24) is 30.2 Å². The van der Waals surface area contributed by atoms with Crippen LogP contribution in [0.4, 0.5) is 0 Å². The van der Waals surface area contributed by atoms with Gasteiger partial charge < -0.3 is 9.72 Å². The summed E-state index contributed by atoms with van der Waals surface area (Å²) >= 11 is 0. The minimum Gasteiger partial charge on any atom is -0.378 e. The molecule has 4 aromatic rings. The topological polar surface area (TPSA) is 98.6 Å². The van der Waals surface area contributed by atoms with Gasteiger partial charge in [-0.2, -0.15) is 0 Å². The molecule has 8 heteroatoms. The summed E-state index contributed by atoms with van der Waals surface area (Å²) in [5.41, 5.74) is 3.79. The number of pyridine rings is 2. The van der Waals surface area contributed by atoms with Crippen molar-refractivity contribution in [2.75, 3.05) is 6.61 Å². The van der Waals surface area contributed by atoms with Crippen LogP contribution in [-0.4, -0.2) is 42.9 Å². The second kappa shape index (κ2) is 11.2. The largest absolute Gasteiger partial charge is 0.378 e. The number of aromatic amines is 1. The Balaban J connectivity index is 1.50. The monoisotopic (exact) mass is 512 g/mol. The number of nitrogens with zero attached hydrogens (tertiary/aromatic N) is 5. The first-order valence-electron chi connectivity index (χ1n) is 14.1. The number of fused-ring (bicyclic) bond motifs is 1. The number of hydrogen-bond acceptors (Lipinski definition) is 6. The first-order valence-corrected chi connectivity index (χ1v) is 14.1. The van der Waals surface area contributed by atoms with Crippen LogP contribution in [0.2, 0.25) is 0 Å². The molecule has 0 bridgehead atoms. The summed E-state index contributed by atoms with van der Waals surface area (Å²) in [5.74, 6) is 0.588. The zero-order chi connectivity index (χ0) is 25.9. The van der Waals surface area contributed by atoms with Gasteiger partial charge in [0.05, 0.1) is 18.1 Å². The van der Waals surface area contributed by atoms with Crippen molar-refractivity contribution in [3.05, 3.63) is 81.7 Å². The molecule has 2 fully saturated rings. The Bertz CT molecular complexity index is 1420. The van der Waals surface area contributed by atoms with Gasteiger partial charge in [0.15, 0.2) is 5.82 Å². The lowest BCUT2D eigenvalue weighted by Gasteiger charge is -2.30. The van der Waals surface area contributed by atoms with Crippen molar-refractivity contribution in [1.29, 1.82) is 0 Å². The number of tetrazole rings is 1. The molecule has 3 aromatic heterocycles. The maximum Gasteiger partial charge on any atom is 0.252 e. The SMILES string of the molecule is Cc1ccc2[nH]c(=O)c([C@H](c3nnnn3C3CCCCC3)[C@@H](Cc3cccnc3)C[C@H]3CCCO3)cc2c1. The Labute approximate surface area is 222 Å². The van der Waals surface area contributed by atoms with Gasteiger partial charge in [-0.25, -0.2) is 4.68 Å². The van der Waals surface area contributed by atoms with E-state index in [0.29, 0.717) is 0 Å². The van der Waals surface area contributed by atoms with E-state index in [4.69, 9.17) is 4.74 Å². The highest BCUT2D eigenvalue weighted by Gasteiger charge is 2.36. The second-order valence-corrected chi connectivity index (χ2v) is 11.1. The number of aromatic nitrogens is 6. The Morgan fingerprint density at radius 2 is 2.00 bits per heavy atom. The molecule has 1 aliphatic heterocycles. The number of benzene rings is 1. The highest BCUT2D eigenvalue weighted by atomic mass is 16.5. The van der Waals surface area contributed by atoms with Crippen LogP contribution in [0.15, 0.2) is 53.6 Å². The van der Waals surface area contributed by atoms with Gasteiger partial charge in [0.2, 0.25) is 0 Å². The molecule has 6 rings (SSSR count). The van der Waals surface area contributed by atoms with Crippen molar-refractivity contribution < 1.29 is 4.74 Å². The van der Waals surface area contributed by atoms with Crippen LogP contribution in [0.25, 0.3) is 10.9 Å². The van der Waals surface area contributed by atoms with Crippen molar-refractivity contribution in [2.24, 2.45) is 5.92 Å². The predicted molar refractivity (Wildman–Crippen MR) is 146 cm³/mol. The van der Waals surface area contributed by atoms with Crippen molar-refractivity contribution >= 4 is 10.9 Å². The third-order valence-corrected chi connectivity index (χ3v) is 8.36. The third kappa shape index (κ3) is 5.27. The van der Waals surface area contributed by atoms with E-state index in [-0.39, 0.29) is 29.5 Å². The number of hydrogen-bond donors (Lipinski definition) is 1. The minimum atomic E-state index is -0.273. The van der Waals surface area contributed by atoms with E-state index in [9.17, 15) is 4.79 Å². The molecule has 0 spiro atoms. The standard InChI is InChI=1S/C30H36N6O2/c1-20-11-12-27-22(15-20)18-26(30(37)32-27)28(29-33-34-35-36(29)24-8-3-2-4-9-24)23(17-25-10-6-14-38-25)16-21-7-5-13-31-19-21/h5,7,11-13,15,18-19,23-25,28H,2-4,6,8-10,14,16-17H2,1H3,(H,32,37)/t23-,25+,28+/m0/s1. The zero-order valence-electron chi connectivity index (χ0n) is 22.1. The van der Waals surface area contributed by atoms with Crippen LogP contribution in [0, 0.1) is 12.8 Å². The Hall–Kier alpha value is -3.39. The fourth-order valence-corrected chi connectivity index (χ4v) is 6.50. The molecule has 0 amide bonds. The molecule has 4 heterocycles. The lowest BCUT2D eigenvalue weighted by Crippen LogP contribution is -2.30. The van der Waals surface area contributed by atoms with E-state index < -0.39 is 0 Å². The van der Waals surface area contributed by atoms with Crippen LogP contribution >= 0.6 is 0 Å². The fourth-order valence-electron chi connectivity index (χ4n) is 6.50. The van der Waals surface area contributed by atoms with Crippen LogP contribution in [0.5, 0.6) is 0 Å². The summed E-state index contributed by atoms with van der Waals surface area (Å²) in [6.45, 7) is 2.87. The van der Waals surface area contributed by atoms with Gasteiger partial charge >= 0.3 is 0 Å². The molecule has 1 aromatic carbocycles. The number of aryl methyl sites for hydroxylation is 1. The first-order chi connectivity index (χ1) is 18.7. The Morgan fingerprint density at radius 3 is 2.79 bits per heavy atom. The lowest BCUT2D eigenvalue weighted by atomic mass is 9.78. The van der Waals surface area contributed by atoms with E-state index in [1.807, 2.05) is 29.1 Å². The number of rotatable bonds is 8. The van der Waals surface area contributed by atoms with Crippen LogP contribution < -0.4 is 5.56 Å². The molecule has 198 valence electrons. The highest BCUT2D eigenvalue weighted by Crippen LogP contribution is 2.39. The molecule has 2 aliphatic rings. The molecule has 0 unspecified atom stereocenters. The van der Waals surface area contributed by atoms with Gasteiger partial charge in [-0.15, -0.1) is 5.10 Å². The number of nitrogens with one attached hydrogen (secondary N) is 1. The Morgan fingerprint density at radius 1 is 1.11 bits per heavy atom. The van der Waals surface area contributed by atoms with E-state index in [1.54, 1.807) is 6.20 Å². The normalized spacial score (nSPS) is 20.1. The predicted octanol–water partition coefficient (Wildman–Crippen LogP) is 5.28. The van der Waals surface area contributed by atoms with Crippen molar-refractivity contribution in [3.63, 3.8) is 0 Å². The van der Waals surface area contributed by atoms with E-state index in [0.717, 1.165) is 78.5 Å². The van der Waals surface area contributed by atoms with Crippen LogP contribution in [-0.2, 0) is 11.2 Å². The summed E-state index contributed by atoms with van der Waals surface area (Å²) in [4.78, 5) is 21.3. The summed E-state index contributed by atoms with van der Waals surface area (Å²) in [7, 11) is 0.